The van der Waals surface area contributed by atoms with Crippen LogP contribution in [-0.4, -0.2) is 37.3 Å². The molecule has 2 rings (SSSR count). The maximum Gasteiger partial charge on any atom is 0.214 e. The van der Waals surface area contributed by atoms with Gasteiger partial charge in [0.15, 0.2) is 0 Å². The maximum absolute atomic E-state index is 12.4. The fourth-order valence-electron chi connectivity index (χ4n) is 2.51. The molecule has 0 aromatic heterocycles. The molecule has 2 N–H and O–H groups in total. The Morgan fingerprint density at radius 3 is 2.81 bits per heavy atom. The van der Waals surface area contributed by atoms with Crippen molar-refractivity contribution >= 4 is 27.5 Å². The Morgan fingerprint density at radius 1 is 1.29 bits per heavy atom. The SMILES string of the molecule is CC1CCCN(S(=O)(=O)CCSc2ccccc2N)CC1. The number of hydrogen-bond donors (Lipinski definition) is 1. The number of benzene rings is 1. The van der Waals surface area contributed by atoms with Gasteiger partial charge >= 0.3 is 0 Å². The van der Waals surface area contributed by atoms with E-state index in [9.17, 15) is 8.42 Å². The maximum atomic E-state index is 12.4. The lowest BCUT2D eigenvalue weighted by Gasteiger charge is -2.20. The Hall–Kier alpha value is -0.720. The summed E-state index contributed by atoms with van der Waals surface area (Å²) in [6.07, 6.45) is 3.07. The van der Waals surface area contributed by atoms with Crippen LogP contribution in [0.25, 0.3) is 0 Å². The molecule has 1 saturated heterocycles. The summed E-state index contributed by atoms with van der Waals surface area (Å²) in [5.74, 6) is 1.35. The van der Waals surface area contributed by atoms with E-state index in [4.69, 9.17) is 5.73 Å². The Kier molecular flexibility index (Phi) is 5.96. The molecule has 0 amide bonds. The number of nitrogen functional groups attached to an aromatic ring is 1. The molecule has 0 spiro atoms. The molecule has 4 nitrogen and oxygen atoms in total. The second kappa shape index (κ2) is 7.51. The minimum absolute atomic E-state index is 0.181. The molecule has 0 aliphatic carbocycles. The van der Waals surface area contributed by atoms with Crippen LogP contribution in [0, 0.1) is 5.92 Å². The molecule has 0 radical (unpaired) electrons. The molecule has 1 atom stereocenters. The minimum atomic E-state index is -3.14. The van der Waals surface area contributed by atoms with Crippen LogP contribution in [0.15, 0.2) is 29.2 Å². The van der Waals surface area contributed by atoms with Gasteiger partial charge in [-0.05, 0) is 37.3 Å². The summed E-state index contributed by atoms with van der Waals surface area (Å²) in [5, 5.41) is 0. The van der Waals surface area contributed by atoms with Crippen molar-refractivity contribution < 1.29 is 8.42 Å². The molecule has 1 aromatic carbocycles. The minimum Gasteiger partial charge on any atom is -0.398 e. The molecule has 118 valence electrons. The van der Waals surface area contributed by atoms with Gasteiger partial charge in [-0.1, -0.05) is 19.1 Å². The number of anilines is 1. The number of para-hydroxylation sites is 1. The van der Waals surface area contributed by atoms with Gasteiger partial charge in [-0.2, -0.15) is 0 Å². The summed E-state index contributed by atoms with van der Waals surface area (Å²) < 4.78 is 26.5. The van der Waals surface area contributed by atoms with Gasteiger partial charge in [0, 0.05) is 29.4 Å². The predicted octanol–water partition coefficient (Wildman–Crippen LogP) is 2.81. The Morgan fingerprint density at radius 2 is 2.05 bits per heavy atom. The molecule has 0 saturated carbocycles. The van der Waals surface area contributed by atoms with E-state index in [1.165, 1.54) is 11.8 Å². The van der Waals surface area contributed by atoms with Gasteiger partial charge in [0.05, 0.1) is 5.75 Å². The standard InChI is InChI=1S/C15H24N2O2S2/c1-13-5-4-9-17(10-8-13)21(18,19)12-11-20-15-7-3-2-6-14(15)16/h2-3,6-7,13H,4-5,8-12,16H2,1H3. The lowest BCUT2D eigenvalue weighted by molar-refractivity contribution is 0.418. The third-order valence-electron chi connectivity index (χ3n) is 3.89. The Balaban J connectivity index is 1.88. The summed E-state index contributed by atoms with van der Waals surface area (Å²) in [4.78, 5) is 0.956. The van der Waals surface area contributed by atoms with E-state index < -0.39 is 10.0 Å². The quantitative estimate of drug-likeness (QED) is 0.667. The van der Waals surface area contributed by atoms with Crippen molar-refractivity contribution in [2.24, 2.45) is 5.92 Å². The molecule has 1 aromatic rings. The number of nitrogens with two attached hydrogens (primary N) is 1. The number of sulfonamides is 1. The van der Waals surface area contributed by atoms with Crippen molar-refractivity contribution in [2.75, 3.05) is 30.3 Å². The van der Waals surface area contributed by atoms with Crippen LogP contribution in [0.1, 0.15) is 26.2 Å². The van der Waals surface area contributed by atoms with Gasteiger partial charge in [-0.15, -0.1) is 11.8 Å². The summed E-state index contributed by atoms with van der Waals surface area (Å²) in [6, 6.07) is 7.57. The zero-order valence-corrected chi connectivity index (χ0v) is 14.1. The second-order valence-corrected chi connectivity index (χ2v) is 8.86. The van der Waals surface area contributed by atoms with Gasteiger partial charge in [0.2, 0.25) is 10.0 Å². The van der Waals surface area contributed by atoms with Crippen molar-refractivity contribution in [3.63, 3.8) is 0 Å². The lowest BCUT2D eigenvalue weighted by atomic mass is 10.0. The van der Waals surface area contributed by atoms with Gasteiger partial charge in [0.1, 0.15) is 0 Å². The molecule has 21 heavy (non-hydrogen) atoms. The first-order chi connectivity index (χ1) is 9.99. The average Bonchev–Trinajstić information content (AvgIpc) is 2.66. The fraction of sp³-hybridized carbons (Fsp3) is 0.600. The third-order valence-corrected chi connectivity index (χ3v) is 7.11. The van der Waals surface area contributed by atoms with Crippen LogP contribution in [0.5, 0.6) is 0 Å². The van der Waals surface area contributed by atoms with Crippen LogP contribution in [0.3, 0.4) is 0 Å². The van der Waals surface area contributed by atoms with Crippen LogP contribution >= 0.6 is 11.8 Å². The monoisotopic (exact) mass is 328 g/mol. The molecule has 1 heterocycles. The Labute approximate surface area is 132 Å². The zero-order valence-electron chi connectivity index (χ0n) is 12.5. The lowest BCUT2D eigenvalue weighted by Crippen LogP contribution is -2.34. The molecule has 1 aliphatic heterocycles. The highest BCUT2D eigenvalue weighted by molar-refractivity contribution is 8.00. The van der Waals surface area contributed by atoms with E-state index in [1.54, 1.807) is 4.31 Å². The molecular formula is C15H24N2O2S2. The van der Waals surface area contributed by atoms with Crippen LogP contribution in [0.4, 0.5) is 5.69 Å². The molecule has 1 aliphatic rings. The van der Waals surface area contributed by atoms with E-state index in [0.717, 1.165) is 24.2 Å². The van der Waals surface area contributed by atoms with E-state index >= 15 is 0 Å². The third kappa shape index (κ3) is 4.90. The largest absolute Gasteiger partial charge is 0.398 e. The molecule has 0 bridgehead atoms. The number of nitrogens with zero attached hydrogens (tertiary/aromatic N) is 1. The first-order valence-corrected chi connectivity index (χ1v) is 10.0. The Bertz CT molecular complexity index is 561. The van der Waals surface area contributed by atoms with Gasteiger partial charge < -0.3 is 5.73 Å². The highest BCUT2D eigenvalue weighted by Gasteiger charge is 2.24. The normalized spacial score (nSPS) is 21.1. The van der Waals surface area contributed by atoms with Crippen LogP contribution < -0.4 is 5.73 Å². The average molecular weight is 329 g/mol. The highest BCUT2D eigenvalue weighted by atomic mass is 32.2. The van der Waals surface area contributed by atoms with E-state index in [2.05, 4.69) is 6.92 Å². The summed E-state index contributed by atoms with van der Waals surface area (Å²) in [6.45, 7) is 3.54. The van der Waals surface area contributed by atoms with E-state index in [1.807, 2.05) is 24.3 Å². The summed E-state index contributed by atoms with van der Waals surface area (Å²) in [7, 11) is -3.14. The molecule has 1 fully saturated rings. The van der Waals surface area contributed by atoms with Crippen molar-refractivity contribution in [1.82, 2.24) is 4.31 Å². The fourth-order valence-corrected chi connectivity index (χ4v) is 5.37. The van der Waals surface area contributed by atoms with E-state index in [-0.39, 0.29) is 5.75 Å². The van der Waals surface area contributed by atoms with Crippen molar-refractivity contribution in [1.29, 1.82) is 0 Å². The topological polar surface area (TPSA) is 63.4 Å². The van der Waals surface area contributed by atoms with Gasteiger partial charge in [0.25, 0.3) is 0 Å². The van der Waals surface area contributed by atoms with Crippen molar-refractivity contribution in [2.45, 2.75) is 31.1 Å². The number of hydrogen-bond acceptors (Lipinski definition) is 4. The highest BCUT2D eigenvalue weighted by Crippen LogP contribution is 2.25. The molecular weight excluding hydrogens is 304 g/mol. The van der Waals surface area contributed by atoms with Crippen LogP contribution in [-0.2, 0) is 10.0 Å². The summed E-state index contributed by atoms with van der Waals surface area (Å²) >= 11 is 1.51. The van der Waals surface area contributed by atoms with Crippen LogP contribution in [0.2, 0.25) is 0 Å². The first-order valence-electron chi connectivity index (χ1n) is 7.44. The van der Waals surface area contributed by atoms with Gasteiger partial charge in [-0.25, -0.2) is 12.7 Å². The van der Waals surface area contributed by atoms with Crippen molar-refractivity contribution in [3.05, 3.63) is 24.3 Å². The van der Waals surface area contributed by atoms with Gasteiger partial charge in [-0.3, -0.25) is 0 Å². The second-order valence-electron chi connectivity index (χ2n) is 5.64. The predicted molar refractivity (Wildman–Crippen MR) is 90.0 cm³/mol. The first kappa shape index (κ1) is 16.6. The number of rotatable bonds is 5. The van der Waals surface area contributed by atoms with E-state index in [0.29, 0.717) is 30.4 Å². The molecule has 1 unspecified atom stereocenters. The molecule has 6 heteroatoms. The summed E-state index contributed by atoms with van der Waals surface area (Å²) in [5.41, 5.74) is 6.58. The number of thioether (sulfide) groups is 1. The van der Waals surface area contributed by atoms with Crippen molar-refractivity contribution in [3.8, 4) is 0 Å². The zero-order chi connectivity index (χ0) is 15.3. The smallest absolute Gasteiger partial charge is 0.214 e.